The number of amides is 1. The lowest BCUT2D eigenvalue weighted by atomic mass is 10.1. The van der Waals surface area contributed by atoms with Crippen molar-refractivity contribution in [2.24, 2.45) is 11.7 Å². The molecule has 1 aromatic carbocycles. The number of carbonyl (C=O) groups is 1. The molecule has 2 N–H and O–H groups in total. The van der Waals surface area contributed by atoms with Crippen LogP contribution in [0.4, 0.5) is 0 Å². The molecule has 5 heteroatoms. The van der Waals surface area contributed by atoms with Gasteiger partial charge in [-0.15, -0.1) is 0 Å². The lowest BCUT2D eigenvalue weighted by Crippen LogP contribution is -2.34. The van der Waals surface area contributed by atoms with Gasteiger partial charge in [0.15, 0.2) is 0 Å². The Morgan fingerprint density at radius 2 is 2.33 bits per heavy atom. The van der Waals surface area contributed by atoms with Gasteiger partial charge in [-0.1, -0.05) is 27.5 Å². The highest BCUT2D eigenvalue weighted by Gasteiger charge is 2.32. The van der Waals surface area contributed by atoms with Gasteiger partial charge >= 0.3 is 0 Å². The SMILES string of the molecule is CC1CC(CN)CN1C(=O)c1ccc(Br)cc1Cl. The number of hydrogen-bond donors (Lipinski definition) is 1. The predicted octanol–water partition coefficient (Wildman–Crippen LogP) is 2.91. The molecule has 0 radical (unpaired) electrons. The Balaban J connectivity index is 2.21. The number of nitrogens with two attached hydrogens (primary N) is 1. The van der Waals surface area contributed by atoms with E-state index in [9.17, 15) is 4.79 Å². The van der Waals surface area contributed by atoms with Crippen molar-refractivity contribution in [3.8, 4) is 0 Å². The van der Waals surface area contributed by atoms with Crippen molar-refractivity contribution in [3.05, 3.63) is 33.3 Å². The fourth-order valence-corrected chi connectivity index (χ4v) is 3.17. The largest absolute Gasteiger partial charge is 0.336 e. The number of carbonyl (C=O) groups excluding carboxylic acids is 1. The fourth-order valence-electron chi connectivity index (χ4n) is 2.41. The number of rotatable bonds is 2. The number of nitrogens with zero attached hydrogens (tertiary/aromatic N) is 1. The summed E-state index contributed by atoms with van der Waals surface area (Å²) in [6, 6.07) is 5.57. The predicted molar refractivity (Wildman–Crippen MR) is 76.8 cm³/mol. The van der Waals surface area contributed by atoms with Gasteiger partial charge < -0.3 is 10.6 Å². The molecule has 1 aliphatic heterocycles. The van der Waals surface area contributed by atoms with Crippen LogP contribution in [0.2, 0.25) is 5.02 Å². The van der Waals surface area contributed by atoms with Crippen molar-refractivity contribution in [1.82, 2.24) is 4.90 Å². The first-order valence-electron chi connectivity index (χ1n) is 5.99. The summed E-state index contributed by atoms with van der Waals surface area (Å²) >= 11 is 9.45. The molecule has 0 spiro atoms. The van der Waals surface area contributed by atoms with E-state index in [1.54, 1.807) is 12.1 Å². The first-order chi connectivity index (χ1) is 8.52. The number of benzene rings is 1. The summed E-state index contributed by atoms with van der Waals surface area (Å²) in [6.07, 6.45) is 0.969. The molecule has 0 saturated carbocycles. The van der Waals surface area contributed by atoms with Crippen LogP contribution in [0.15, 0.2) is 22.7 Å². The zero-order valence-corrected chi connectivity index (χ0v) is 12.5. The monoisotopic (exact) mass is 330 g/mol. The third kappa shape index (κ3) is 2.71. The van der Waals surface area contributed by atoms with Gasteiger partial charge in [-0.05, 0) is 44.0 Å². The first kappa shape index (κ1) is 13.8. The Bertz CT molecular complexity index is 466. The smallest absolute Gasteiger partial charge is 0.255 e. The van der Waals surface area contributed by atoms with Crippen molar-refractivity contribution in [3.63, 3.8) is 0 Å². The van der Waals surface area contributed by atoms with Gasteiger partial charge in [0.1, 0.15) is 0 Å². The molecule has 0 bridgehead atoms. The molecule has 1 aromatic rings. The first-order valence-corrected chi connectivity index (χ1v) is 7.16. The molecule has 18 heavy (non-hydrogen) atoms. The number of hydrogen-bond acceptors (Lipinski definition) is 2. The highest BCUT2D eigenvalue weighted by atomic mass is 79.9. The average Bonchev–Trinajstić information content (AvgIpc) is 2.70. The van der Waals surface area contributed by atoms with E-state index >= 15 is 0 Å². The van der Waals surface area contributed by atoms with E-state index < -0.39 is 0 Å². The second kappa shape index (κ2) is 5.59. The van der Waals surface area contributed by atoms with Crippen molar-refractivity contribution in [2.45, 2.75) is 19.4 Å². The molecule has 98 valence electrons. The summed E-state index contributed by atoms with van der Waals surface area (Å²) in [5, 5.41) is 0.484. The summed E-state index contributed by atoms with van der Waals surface area (Å²) in [6.45, 7) is 3.41. The Labute approximate surface area is 120 Å². The molecule has 1 amide bonds. The Morgan fingerprint density at radius 1 is 1.61 bits per heavy atom. The zero-order valence-electron chi connectivity index (χ0n) is 10.2. The molecule has 2 atom stereocenters. The molecule has 0 aromatic heterocycles. The molecule has 3 nitrogen and oxygen atoms in total. The van der Waals surface area contributed by atoms with Crippen molar-refractivity contribution >= 4 is 33.4 Å². The van der Waals surface area contributed by atoms with E-state index in [0.29, 0.717) is 23.0 Å². The molecule has 2 unspecified atom stereocenters. The maximum Gasteiger partial charge on any atom is 0.255 e. The van der Waals surface area contributed by atoms with Crippen LogP contribution >= 0.6 is 27.5 Å². The van der Waals surface area contributed by atoms with Crippen molar-refractivity contribution < 1.29 is 4.79 Å². The molecule has 1 aliphatic rings. The minimum atomic E-state index is -0.00375. The van der Waals surface area contributed by atoms with Crippen LogP contribution in [-0.4, -0.2) is 29.9 Å². The molecule has 0 aliphatic carbocycles. The Hall–Kier alpha value is -0.580. The van der Waals surface area contributed by atoms with Gasteiger partial charge in [0.2, 0.25) is 0 Å². The van der Waals surface area contributed by atoms with Gasteiger partial charge in [0.25, 0.3) is 5.91 Å². The molecule has 1 saturated heterocycles. The van der Waals surface area contributed by atoms with Gasteiger partial charge in [-0.25, -0.2) is 0 Å². The third-order valence-corrected chi connectivity index (χ3v) is 4.22. The summed E-state index contributed by atoms with van der Waals surface area (Å²) in [5.74, 6) is 0.397. The zero-order chi connectivity index (χ0) is 13.3. The van der Waals surface area contributed by atoms with E-state index in [-0.39, 0.29) is 11.9 Å². The maximum absolute atomic E-state index is 12.4. The Morgan fingerprint density at radius 3 is 2.89 bits per heavy atom. The van der Waals surface area contributed by atoms with E-state index in [0.717, 1.165) is 17.4 Å². The number of halogens is 2. The quantitative estimate of drug-likeness (QED) is 0.905. The lowest BCUT2D eigenvalue weighted by molar-refractivity contribution is 0.0743. The van der Waals surface area contributed by atoms with Gasteiger partial charge in [0.05, 0.1) is 10.6 Å². The minimum absolute atomic E-state index is 0.00375. The van der Waals surface area contributed by atoms with E-state index in [1.807, 2.05) is 11.0 Å². The highest BCUT2D eigenvalue weighted by molar-refractivity contribution is 9.10. The van der Waals surface area contributed by atoms with Crippen LogP contribution in [0.1, 0.15) is 23.7 Å². The summed E-state index contributed by atoms with van der Waals surface area (Å²) < 4.78 is 0.873. The average molecular weight is 332 g/mol. The second-order valence-corrected chi connectivity index (χ2v) is 6.09. The van der Waals surface area contributed by atoms with E-state index in [1.165, 1.54) is 0 Å². The molecule has 1 heterocycles. The van der Waals surface area contributed by atoms with Crippen LogP contribution in [0.25, 0.3) is 0 Å². The summed E-state index contributed by atoms with van der Waals surface area (Å²) in [4.78, 5) is 14.3. The van der Waals surface area contributed by atoms with Crippen molar-refractivity contribution in [1.29, 1.82) is 0 Å². The van der Waals surface area contributed by atoms with Gasteiger partial charge in [-0.3, -0.25) is 4.79 Å². The Kier molecular flexibility index (Phi) is 4.30. The second-order valence-electron chi connectivity index (χ2n) is 4.77. The third-order valence-electron chi connectivity index (χ3n) is 3.42. The van der Waals surface area contributed by atoms with Crippen LogP contribution < -0.4 is 5.73 Å². The molecular formula is C13H16BrClN2O. The molecule has 1 fully saturated rings. The van der Waals surface area contributed by atoms with E-state index in [2.05, 4.69) is 22.9 Å². The minimum Gasteiger partial charge on any atom is -0.336 e. The normalized spacial score (nSPS) is 23.4. The van der Waals surface area contributed by atoms with Gasteiger partial charge in [-0.2, -0.15) is 0 Å². The molecular weight excluding hydrogens is 316 g/mol. The highest BCUT2D eigenvalue weighted by Crippen LogP contribution is 2.28. The fraction of sp³-hybridized carbons (Fsp3) is 0.462. The van der Waals surface area contributed by atoms with Crippen LogP contribution in [0, 0.1) is 5.92 Å². The topological polar surface area (TPSA) is 46.3 Å². The van der Waals surface area contributed by atoms with Gasteiger partial charge in [0, 0.05) is 17.1 Å². The maximum atomic E-state index is 12.4. The van der Waals surface area contributed by atoms with Crippen LogP contribution in [0.5, 0.6) is 0 Å². The summed E-state index contributed by atoms with van der Waals surface area (Å²) in [5.41, 5.74) is 6.24. The number of likely N-dealkylation sites (tertiary alicyclic amines) is 1. The standard InChI is InChI=1S/C13H16BrClN2O/c1-8-4-9(6-16)7-17(8)13(18)11-3-2-10(14)5-12(11)15/h2-3,5,8-9H,4,6-7,16H2,1H3. The molecule has 2 rings (SSSR count). The van der Waals surface area contributed by atoms with Crippen LogP contribution in [0.3, 0.4) is 0 Å². The van der Waals surface area contributed by atoms with Crippen LogP contribution in [-0.2, 0) is 0 Å². The van der Waals surface area contributed by atoms with E-state index in [4.69, 9.17) is 17.3 Å². The van der Waals surface area contributed by atoms with Crippen molar-refractivity contribution in [2.75, 3.05) is 13.1 Å². The summed E-state index contributed by atoms with van der Waals surface area (Å²) in [7, 11) is 0. The lowest BCUT2D eigenvalue weighted by Gasteiger charge is -2.22.